The summed E-state index contributed by atoms with van der Waals surface area (Å²) in [4.78, 5) is 0. The predicted molar refractivity (Wildman–Crippen MR) is 139 cm³/mol. The molecular formula is C31H31N2+. The minimum Gasteiger partial charge on any atom is -0.225 e. The van der Waals surface area contributed by atoms with Crippen LogP contribution in [0, 0.1) is 20.8 Å². The Bertz CT molecular complexity index is 1510. The molecule has 2 heteroatoms. The molecule has 33 heavy (non-hydrogen) atoms. The van der Waals surface area contributed by atoms with Gasteiger partial charge in [0.25, 0.3) is 5.82 Å². The summed E-state index contributed by atoms with van der Waals surface area (Å²) < 4.78 is 4.91. The van der Waals surface area contributed by atoms with E-state index in [1.54, 1.807) is 0 Å². The van der Waals surface area contributed by atoms with E-state index in [4.69, 9.17) is 0 Å². The van der Waals surface area contributed by atoms with Crippen molar-refractivity contribution in [3.63, 3.8) is 0 Å². The van der Waals surface area contributed by atoms with Gasteiger partial charge in [0.05, 0.1) is 12.6 Å². The zero-order chi connectivity index (χ0) is 22.0. The normalized spacial score (nSPS) is 11.9. The minimum absolute atomic E-state index is 0. The van der Waals surface area contributed by atoms with Crippen LogP contribution in [0.15, 0.2) is 78.9 Å². The van der Waals surface area contributed by atoms with Crippen LogP contribution in [-0.4, -0.2) is 4.57 Å². The Labute approximate surface area is 196 Å². The molecule has 0 amide bonds. The van der Waals surface area contributed by atoms with E-state index in [0.717, 1.165) is 6.42 Å². The highest BCUT2D eigenvalue weighted by atomic mass is 15.2. The molecule has 0 saturated carbocycles. The lowest BCUT2D eigenvalue weighted by Gasteiger charge is -2.10. The maximum Gasteiger partial charge on any atom is 0.295 e. The van der Waals surface area contributed by atoms with Crippen molar-refractivity contribution in [2.75, 3.05) is 0 Å². The average molecular weight is 432 g/mol. The molecule has 0 bridgehead atoms. The summed E-state index contributed by atoms with van der Waals surface area (Å²) in [7, 11) is 2.23. The molecule has 1 aliphatic carbocycles. The molecule has 6 rings (SSSR count). The first-order chi connectivity index (χ1) is 15.6. The fourth-order valence-corrected chi connectivity index (χ4v) is 5.59. The Balaban J connectivity index is 0.00000228. The fraction of sp³-hybridized carbons (Fsp3) is 0.194. The van der Waals surface area contributed by atoms with E-state index in [9.17, 15) is 0 Å². The number of fused-ring (bicyclic) bond motifs is 5. The van der Waals surface area contributed by atoms with Crippen LogP contribution < -0.4 is 4.57 Å². The van der Waals surface area contributed by atoms with Crippen LogP contribution >= 0.6 is 0 Å². The molecule has 5 aromatic rings. The molecule has 164 valence electrons. The van der Waals surface area contributed by atoms with E-state index in [1.807, 2.05) is 0 Å². The molecule has 0 N–H and O–H groups in total. The molecule has 1 aromatic heterocycles. The van der Waals surface area contributed by atoms with E-state index < -0.39 is 0 Å². The third-order valence-corrected chi connectivity index (χ3v) is 7.07. The molecule has 0 atom stereocenters. The van der Waals surface area contributed by atoms with Crippen molar-refractivity contribution in [2.24, 2.45) is 7.05 Å². The second-order valence-electron chi connectivity index (χ2n) is 9.07. The smallest absolute Gasteiger partial charge is 0.225 e. The molecule has 0 unspecified atom stereocenters. The number of nitrogens with zero attached hydrogens (tertiary/aromatic N) is 2. The third kappa shape index (κ3) is 2.97. The molecule has 4 aromatic carbocycles. The summed E-state index contributed by atoms with van der Waals surface area (Å²) in [5.41, 5.74) is 14.6. The SMILES string of the molecule is C.Cc1ccccc1-c1n(-c2c(C)cccc2C)c2ccc3c(c2[n+]1C)-c1ccccc1C3. The minimum atomic E-state index is 0. The standard InChI is InChI=1S/C30H27N2.CH4/c1-19-10-5-7-14-24(19)30-31(4)29-26(32(30)28-20(2)11-9-12-21(28)3)17-16-23-18-22-13-6-8-15-25(22)27(23)29;/h5-17H,18H2,1-4H3;1H4/q+1;. The zero-order valence-electron chi connectivity index (χ0n) is 19.1. The highest BCUT2D eigenvalue weighted by Gasteiger charge is 2.33. The monoisotopic (exact) mass is 431 g/mol. The van der Waals surface area contributed by atoms with Gasteiger partial charge in [-0.1, -0.05) is 74.2 Å². The maximum absolute atomic E-state index is 2.49. The van der Waals surface area contributed by atoms with Gasteiger partial charge in [0.1, 0.15) is 5.69 Å². The maximum atomic E-state index is 2.49. The van der Waals surface area contributed by atoms with Gasteiger partial charge in [-0.2, -0.15) is 4.57 Å². The zero-order valence-corrected chi connectivity index (χ0v) is 19.1. The van der Waals surface area contributed by atoms with E-state index in [-0.39, 0.29) is 7.43 Å². The van der Waals surface area contributed by atoms with Crippen molar-refractivity contribution in [2.45, 2.75) is 34.6 Å². The molecule has 0 fully saturated rings. The molecule has 2 nitrogen and oxygen atoms in total. The lowest BCUT2D eigenvalue weighted by Crippen LogP contribution is -2.31. The summed E-state index contributed by atoms with van der Waals surface area (Å²) in [5, 5.41) is 0. The topological polar surface area (TPSA) is 8.81 Å². The first kappa shape index (κ1) is 21.2. The molecule has 1 heterocycles. The second kappa shape index (κ2) is 7.74. The third-order valence-electron chi connectivity index (χ3n) is 7.07. The average Bonchev–Trinajstić information content (AvgIpc) is 3.30. The van der Waals surface area contributed by atoms with Crippen LogP contribution in [0.4, 0.5) is 0 Å². The number of hydrogen-bond donors (Lipinski definition) is 0. The lowest BCUT2D eigenvalue weighted by atomic mass is 10.0. The van der Waals surface area contributed by atoms with E-state index in [0.29, 0.717) is 0 Å². The number of rotatable bonds is 2. The number of benzene rings is 4. The van der Waals surface area contributed by atoms with Gasteiger partial charge < -0.3 is 0 Å². The van der Waals surface area contributed by atoms with E-state index >= 15 is 0 Å². The van der Waals surface area contributed by atoms with Gasteiger partial charge in [0.2, 0.25) is 0 Å². The van der Waals surface area contributed by atoms with Gasteiger partial charge >= 0.3 is 0 Å². The Kier molecular flexibility index (Phi) is 4.97. The summed E-state index contributed by atoms with van der Waals surface area (Å²) in [5.74, 6) is 1.23. The van der Waals surface area contributed by atoms with Crippen molar-refractivity contribution >= 4 is 11.0 Å². The van der Waals surface area contributed by atoms with Crippen molar-refractivity contribution in [1.82, 2.24) is 4.57 Å². The van der Waals surface area contributed by atoms with Crippen LogP contribution in [-0.2, 0) is 13.5 Å². The van der Waals surface area contributed by atoms with Gasteiger partial charge in [-0.3, -0.25) is 0 Å². The van der Waals surface area contributed by atoms with Crippen LogP contribution in [0.3, 0.4) is 0 Å². The number of hydrogen-bond acceptors (Lipinski definition) is 0. The van der Waals surface area contributed by atoms with Gasteiger partial charge in [0.15, 0.2) is 11.0 Å². The number of aromatic nitrogens is 2. The van der Waals surface area contributed by atoms with Crippen LogP contribution in [0.1, 0.15) is 35.2 Å². The number of aryl methyl sites for hydroxylation is 4. The first-order valence-corrected chi connectivity index (χ1v) is 11.3. The Morgan fingerprint density at radius 1 is 0.667 bits per heavy atom. The Morgan fingerprint density at radius 3 is 2.03 bits per heavy atom. The van der Waals surface area contributed by atoms with Crippen molar-refractivity contribution in [3.05, 3.63) is 107 Å². The van der Waals surface area contributed by atoms with E-state index in [2.05, 4.69) is 116 Å². The van der Waals surface area contributed by atoms with Crippen molar-refractivity contribution in [1.29, 1.82) is 0 Å². The molecular weight excluding hydrogens is 400 g/mol. The molecule has 0 radical (unpaired) electrons. The number of para-hydroxylation sites is 1. The molecule has 1 aliphatic rings. The van der Waals surface area contributed by atoms with Crippen LogP contribution in [0.25, 0.3) is 39.2 Å². The van der Waals surface area contributed by atoms with Gasteiger partial charge in [-0.25, -0.2) is 4.57 Å². The summed E-state index contributed by atoms with van der Waals surface area (Å²) in [6.07, 6.45) is 1.01. The van der Waals surface area contributed by atoms with Gasteiger partial charge in [-0.15, -0.1) is 0 Å². The lowest BCUT2D eigenvalue weighted by molar-refractivity contribution is -0.633. The summed E-state index contributed by atoms with van der Waals surface area (Å²) >= 11 is 0. The highest BCUT2D eigenvalue weighted by molar-refractivity contribution is 5.97. The van der Waals surface area contributed by atoms with Gasteiger partial charge in [-0.05, 0) is 72.7 Å². The second-order valence-corrected chi connectivity index (χ2v) is 9.07. The van der Waals surface area contributed by atoms with Crippen molar-refractivity contribution < 1.29 is 4.57 Å². The summed E-state index contributed by atoms with van der Waals surface area (Å²) in [6, 6.07) is 28.9. The highest BCUT2D eigenvalue weighted by Crippen LogP contribution is 2.42. The van der Waals surface area contributed by atoms with Crippen LogP contribution in [0.2, 0.25) is 0 Å². The fourth-order valence-electron chi connectivity index (χ4n) is 5.59. The summed E-state index contributed by atoms with van der Waals surface area (Å²) in [6.45, 7) is 6.65. The Hall–Kier alpha value is -3.65. The number of imidazole rings is 1. The predicted octanol–water partition coefficient (Wildman–Crippen LogP) is 7.25. The van der Waals surface area contributed by atoms with Crippen LogP contribution in [0.5, 0.6) is 0 Å². The molecule has 0 spiro atoms. The largest absolute Gasteiger partial charge is 0.295 e. The van der Waals surface area contributed by atoms with E-state index in [1.165, 1.54) is 67.1 Å². The molecule has 0 aliphatic heterocycles. The quantitative estimate of drug-likeness (QED) is 0.255. The van der Waals surface area contributed by atoms with Crippen molar-refractivity contribution in [3.8, 4) is 28.2 Å². The molecule has 0 saturated heterocycles. The Morgan fingerprint density at radius 2 is 1.30 bits per heavy atom. The van der Waals surface area contributed by atoms with Gasteiger partial charge in [0, 0.05) is 5.56 Å². The first-order valence-electron chi connectivity index (χ1n) is 11.3.